The van der Waals surface area contributed by atoms with Gasteiger partial charge in [0.25, 0.3) is 0 Å². The first kappa shape index (κ1) is 8.27. The standard InChI is InChI=1S/C8H10N2S/c1-7(9)11-6-8-2-4-10-5-3-8/h2-5,9H,6H2,1H3. The zero-order valence-corrected chi connectivity index (χ0v) is 7.19. The van der Waals surface area contributed by atoms with Gasteiger partial charge in [0, 0.05) is 18.1 Å². The molecule has 3 heteroatoms. The van der Waals surface area contributed by atoms with Gasteiger partial charge in [0.15, 0.2) is 0 Å². The molecule has 0 aromatic carbocycles. The van der Waals surface area contributed by atoms with Crippen molar-refractivity contribution in [2.45, 2.75) is 12.7 Å². The topological polar surface area (TPSA) is 36.7 Å². The molecule has 1 aromatic heterocycles. The van der Waals surface area contributed by atoms with E-state index in [1.54, 1.807) is 19.3 Å². The van der Waals surface area contributed by atoms with Gasteiger partial charge in [-0.25, -0.2) is 0 Å². The average molecular weight is 166 g/mol. The average Bonchev–Trinajstić information content (AvgIpc) is 2.03. The van der Waals surface area contributed by atoms with Crippen LogP contribution in [-0.4, -0.2) is 10.0 Å². The molecular weight excluding hydrogens is 156 g/mol. The van der Waals surface area contributed by atoms with Gasteiger partial charge in [-0.2, -0.15) is 0 Å². The molecule has 0 atom stereocenters. The summed E-state index contributed by atoms with van der Waals surface area (Å²) in [6.45, 7) is 1.80. The van der Waals surface area contributed by atoms with Gasteiger partial charge >= 0.3 is 0 Å². The molecule has 1 aromatic rings. The Kier molecular flexibility index (Phi) is 3.11. The van der Waals surface area contributed by atoms with Crippen molar-refractivity contribution >= 4 is 16.8 Å². The Morgan fingerprint density at radius 1 is 1.55 bits per heavy atom. The van der Waals surface area contributed by atoms with E-state index in [4.69, 9.17) is 5.41 Å². The molecular formula is C8H10N2S. The maximum atomic E-state index is 7.19. The molecule has 0 bridgehead atoms. The second kappa shape index (κ2) is 4.13. The van der Waals surface area contributed by atoms with E-state index in [9.17, 15) is 0 Å². The minimum atomic E-state index is 0.654. The van der Waals surface area contributed by atoms with Crippen molar-refractivity contribution < 1.29 is 0 Å². The highest BCUT2D eigenvalue weighted by molar-refractivity contribution is 8.13. The molecule has 2 nitrogen and oxygen atoms in total. The summed E-state index contributed by atoms with van der Waals surface area (Å²) in [6, 6.07) is 3.94. The predicted molar refractivity (Wildman–Crippen MR) is 48.9 cm³/mol. The third-order valence-corrected chi connectivity index (χ3v) is 2.12. The quantitative estimate of drug-likeness (QED) is 0.540. The Hall–Kier alpha value is -0.830. The SMILES string of the molecule is CC(=N)SCc1ccncc1. The zero-order valence-electron chi connectivity index (χ0n) is 6.37. The van der Waals surface area contributed by atoms with Crippen molar-refractivity contribution in [3.05, 3.63) is 30.1 Å². The summed E-state index contributed by atoms with van der Waals surface area (Å²) in [6.07, 6.45) is 3.55. The molecule has 58 valence electrons. The smallest absolute Gasteiger partial charge is 0.0613 e. The van der Waals surface area contributed by atoms with Crippen LogP contribution in [0.3, 0.4) is 0 Å². The lowest BCUT2D eigenvalue weighted by atomic mass is 10.3. The van der Waals surface area contributed by atoms with E-state index in [0.717, 1.165) is 5.75 Å². The highest BCUT2D eigenvalue weighted by Crippen LogP contribution is 2.10. The first-order valence-corrected chi connectivity index (χ1v) is 4.34. The van der Waals surface area contributed by atoms with E-state index in [0.29, 0.717) is 5.04 Å². The van der Waals surface area contributed by atoms with Gasteiger partial charge in [-0.05, 0) is 24.6 Å². The predicted octanol–water partition coefficient (Wildman–Crippen LogP) is 2.31. The van der Waals surface area contributed by atoms with Crippen molar-refractivity contribution in [1.82, 2.24) is 4.98 Å². The third kappa shape index (κ3) is 3.18. The number of aromatic nitrogens is 1. The first-order chi connectivity index (χ1) is 5.29. The maximum absolute atomic E-state index is 7.19. The van der Waals surface area contributed by atoms with Crippen LogP contribution in [0.5, 0.6) is 0 Å². The normalized spacial score (nSPS) is 9.55. The molecule has 0 aliphatic heterocycles. The fourth-order valence-corrected chi connectivity index (χ4v) is 1.25. The minimum absolute atomic E-state index is 0.654. The summed E-state index contributed by atoms with van der Waals surface area (Å²) in [4.78, 5) is 3.91. The Morgan fingerprint density at radius 2 is 2.18 bits per heavy atom. The fourth-order valence-electron chi connectivity index (χ4n) is 0.671. The highest BCUT2D eigenvalue weighted by atomic mass is 32.2. The number of hydrogen-bond donors (Lipinski definition) is 1. The van der Waals surface area contributed by atoms with Gasteiger partial charge in [0.2, 0.25) is 0 Å². The lowest BCUT2D eigenvalue weighted by Gasteiger charge is -1.97. The van der Waals surface area contributed by atoms with E-state index in [1.165, 1.54) is 17.3 Å². The summed E-state index contributed by atoms with van der Waals surface area (Å²) < 4.78 is 0. The van der Waals surface area contributed by atoms with Gasteiger partial charge in [0.1, 0.15) is 0 Å². The highest BCUT2D eigenvalue weighted by Gasteiger charge is 1.92. The summed E-state index contributed by atoms with van der Waals surface area (Å²) >= 11 is 1.54. The van der Waals surface area contributed by atoms with Crippen LogP contribution in [0.4, 0.5) is 0 Å². The van der Waals surface area contributed by atoms with Crippen LogP contribution in [-0.2, 0) is 5.75 Å². The number of hydrogen-bond acceptors (Lipinski definition) is 3. The van der Waals surface area contributed by atoms with Crippen molar-refractivity contribution in [3.63, 3.8) is 0 Å². The van der Waals surface area contributed by atoms with Gasteiger partial charge < -0.3 is 0 Å². The second-order valence-electron chi connectivity index (χ2n) is 2.20. The molecule has 0 aliphatic rings. The molecule has 1 N–H and O–H groups in total. The van der Waals surface area contributed by atoms with E-state index in [-0.39, 0.29) is 0 Å². The molecule has 0 aliphatic carbocycles. The molecule has 0 spiro atoms. The molecule has 1 rings (SSSR count). The second-order valence-corrected chi connectivity index (χ2v) is 3.39. The summed E-state index contributed by atoms with van der Waals surface area (Å²) in [5.41, 5.74) is 1.22. The molecule has 0 fully saturated rings. The summed E-state index contributed by atoms with van der Waals surface area (Å²) in [7, 11) is 0. The lowest BCUT2D eigenvalue weighted by molar-refractivity contribution is 1.27. The largest absolute Gasteiger partial charge is 0.299 e. The molecule has 0 amide bonds. The van der Waals surface area contributed by atoms with Crippen LogP contribution in [0, 0.1) is 5.41 Å². The molecule has 0 radical (unpaired) electrons. The van der Waals surface area contributed by atoms with Gasteiger partial charge in [-0.1, -0.05) is 0 Å². The van der Waals surface area contributed by atoms with Crippen molar-refractivity contribution in [2.75, 3.05) is 0 Å². The number of pyridine rings is 1. The van der Waals surface area contributed by atoms with E-state index < -0.39 is 0 Å². The maximum Gasteiger partial charge on any atom is 0.0613 e. The van der Waals surface area contributed by atoms with Crippen LogP contribution < -0.4 is 0 Å². The Bertz CT molecular complexity index is 233. The number of nitrogens with zero attached hydrogens (tertiary/aromatic N) is 1. The minimum Gasteiger partial charge on any atom is -0.299 e. The van der Waals surface area contributed by atoms with Crippen LogP contribution >= 0.6 is 11.8 Å². The van der Waals surface area contributed by atoms with E-state index >= 15 is 0 Å². The molecule has 0 saturated carbocycles. The van der Waals surface area contributed by atoms with Crippen molar-refractivity contribution in [1.29, 1.82) is 5.41 Å². The van der Waals surface area contributed by atoms with Gasteiger partial charge in [-0.15, -0.1) is 11.8 Å². The zero-order chi connectivity index (χ0) is 8.10. The number of thioether (sulfide) groups is 1. The van der Waals surface area contributed by atoms with Crippen LogP contribution in [0.15, 0.2) is 24.5 Å². The molecule has 0 saturated heterocycles. The Balaban J connectivity index is 2.45. The van der Waals surface area contributed by atoms with Gasteiger partial charge in [0.05, 0.1) is 5.04 Å². The van der Waals surface area contributed by atoms with Crippen LogP contribution in [0.1, 0.15) is 12.5 Å². The molecule has 0 unspecified atom stereocenters. The number of rotatable bonds is 2. The van der Waals surface area contributed by atoms with E-state index in [1.807, 2.05) is 12.1 Å². The van der Waals surface area contributed by atoms with Crippen LogP contribution in [0.2, 0.25) is 0 Å². The number of nitrogens with one attached hydrogen (secondary N) is 1. The monoisotopic (exact) mass is 166 g/mol. The molecule has 11 heavy (non-hydrogen) atoms. The van der Waals surface area contributed by atoms with Crippen molar-refractivity contribution in [2.24, 2.45) is 0 Å². The van der Waals surface area contributed by atoms with E-state index in [2.05, 4.69) is 4.98 Å². The Labute approximate surface area is 70.6 Å². The molecule has 1 heterocycles. The summed E-state index contributed by atoms with van der Waals surface area (Å²) in [5, 5.41) is 7.85. The Morgan fingerprint density at radius 3 is 2.73 bits per heavy atom. The van der Waals surface area contributed by atoms with Gasteiger partial charge in [-0.3, -0.25) is 10.4 Å². The van der Waals surface area contributed by atoms with Crippen molar-refractivity contribution in [3.8, 4) is 0 Å². The lowest BCUT2D eigenvalue weighted by Crippen LogP contribution is -1.84. The first-order valence-electron chi connectivity index (χ1n) is 3.36. The van der Waals surface area contributed by atoms with Crippen LogP contribution in [0.25, 0.3) is 0 Å². The summed E-state index contributed by atoms with van der Waals surface area (Å²) in [5.74, 6) is 0.873. The fraction of sp³-hybridized carbons (Fsp3) is 0.250. The third-order valence-electron chi connectivity index (χ3n) is 1.20.